The highest BCUT2D eigenvalue weighted by Crippen LogP contribution is 2.19. The average molecular weight is 231 g/mol. The molecule has 0 aliphatic carbocycles. The predicted molar refractivity (Wildman–Crippen MR) is 67.4 cm³/mol. The summed E-state index contributed by atoms with van der Waals surface area (Å²) in [4.78, 5) is 0. The summed E-state index contributed by atoms with van der Waals surface area (Å²) in [5.41, 5.74) is 8.23. The standard InChI is InChI=1S/C13H17N3O/c1-2-16-9-10(8-15-16)6-13(17)11-4-3-5-12(14)7-11/h3-5,7-9,13,17H,2,6,14H2,1H3. The van der Waals surface area contributed by atoms with Crippen LogP contribution in [-0.4, -0.2) is 14.9 Å². The first-order chi connectivity index (χ1) is 8.19. The number of rotatable bonds is 4. The van der Waals surface area contributed by atoms with Gasteiger partial charge in [0.2, 0.25) is 0 Å². The number of benzene rings is 1. The summed E-state index contributed by atoms with van der Waals surface area (Å²) in [6.07, 6.45) is 3.77. The zero-order valence-corrected chi connectivity index (χ0v) is 9.87. The predicted octanol–water partition coefficient (Wildman–Crippen LogP) is 1.76. The van der Waals surface area contributed by atoms with E-state index in [4.69, 9.17) is 5.73 Å². The van der Waals surface area contributed by atoms with E-state index in [2.05, 4.69) is 5.10 Å². The molecule has 0 fully saturated rings. The summed E-state index contributed by atoms with van der Waals surface area (Å²) in [6, 6.07) is 7.34. The lowest BCUT2D eigenvalue weighted by Gasteiger charge is -2.10. The van der Waals surface area contributed by atoms with Gasteiger partial charge in [0.25, 0.3) is 0 Å². The van der Waals surface area contributed by atoms with Crippen LogP contribution >= 0.6 is 0 Å². The van der Waals surface area contributed by atoms with Crippen LogP contribution in [0, 0.1) is 0 Å². The molecule has 4 heteroatoms. The summed E-state index contributed by atoms with van der Waals surface area (Å²) in [6.45, 7) is 2.87. The number of anilines is 1. The largest absolute Gasteiger partial charge is 0.399 e. The monoisotopic (exact) mass is 231 g/mol. The van der Waals surface area contributed by atoms with E-state index in [1.54, 1.807) is 12.3 Å². The minimum absolute atomic E-state index is 0.534. The van der Waals surface area contributed by atoms with Crippen LogP contribution in [0.1, 0.15) is 24.2 Å². The first-order valence-electron chi connectivity index (χ1n) is 5.74. The van der Waals surface area contributed by atoms with Crippen LogP contribution in [0.4, 0.5) is 5.69 Å². The van der Waals surface area contributed by atoms with Crippen LogP contribution in [0.5, 0.6) is 0 Å². The molecular weight excluding hydrogens is 214 g/mol. The van der Waals surface area contributed by atoms with Crippen molar-refractivity contribution in [2.45, 2.75) is 26.0 Å². The maximum atomic E-state index is 10.1. The summed E-state index contributed by atoms with van der Waals surface area (Å²) in [5, 5.41) is 14.3. The van der Waals surface area contributed by atoms with Gasteiger partial charge in [-0.05, 0) is 30.2 Å². The van der Waals surface area contributed by atoms with Gasteiger partial charge in [-0.2, -0.15) is 5.10 Å². The Morgan fingerprint density at radius 3 is 2.94 bits per heavy atom. The van der Waals surface area contributed by atoms with E-state index in [1.807, 2.05) is 36.0 Å². The van der Waals surface area contributed by atoms with Crippen LogP contribution in [0.2, 0.25) is 0 Å². The fourth-order valence-electron chi connectivity index (χ4n) is 1.79. The van der Waals surface area contributed by atoms with E-state index in [0.29, 0.717) is 12.1 Å². The van der Waals surface area contributed by atoms with Gasteiger partial charge in [0.1, 0.15) is 0 Å². The summed E-state index contributed by atoms with van der Waals surface area (Å²) >= 11 is 0. The molecule has 0 spiro atoms. The molecule has 1 aromatic carbocycles. The number of aliphatic hydroxyl groups is 1. The van der Waals surface area contributed by atoms with Crippen LogP contribution in [0.3, 0.4) is 0 Å². The van der Waals surface area contributed by atoms with Crippen molar-refractivity contribution in [3.05, 3.63) is 47.8 Å². The van der Waals surface area contributed by atoms with Crippen LogP contribution < -0.4 is 5.73 Å². The highest BCUT2D eigenvalue weighted by atomic mass is 16.3. The van der Waals surface area contributed by atoms with Crippen molar-refractivity contribution < 1.29 is 5.11 Å². The second kappa shape index (κ2) is 5.01. The van der Waals surface area contributed by atoms with Gasteiger partial charge in [-0.1, -0.05) is 12.1 Å². The van der Waals surface area contributed by atoms with Crippen molar-refractivity contribution >= 4 is 5.69 Å². The van der Waals surface area contributed by atoms with Gasteiger partial charge in [-0.3, -0.25) is 4.68 Å². The van der Waals surface area contributed by atoms with E-state index in [-0.39, 0.29) is 0 Å². The van der Waals surface area contributed by atoms with Crippen molar-refractivity contribution in [3.8, 4) is 0 Å². The highest BCUT2D eigenvalue weighted by molar-refractivity contribution is 5.41. The number of hydrogen-bond acceptors (Lipinski definition) is 3. The molecule has 0 bridgehead atoms. The van der Waals surface area contributed by atoms with Crippen LogP contribution in [0.15, 0.2) is 36.7 Å². The van der Waals surface area contributed by atoms with Crippen molar-refractivity contribution in [1.29, 1.82) is 0 Å². The lowest BCUT2D eigenvalue weighted by atomic mass is 10.0. The van der Waals surface area contributed by atoms with Gasteiger partial charge in [-0.25, -0.2) is 0 Å². The van der Waals surface area contributed by atoms with E-state index >= 15 is 0 Å². The number of nitrogens with zero attached hydrogens (tertiary/aromatic N) is 2. The van der Waals surface area contributed by atoms with Crippen LogP contribution in [0.25, 0.3) is 0 Å². The Bertz CT molecular complexity index is 493. The molecule has 4 nitrogen and oxygen atoms in total. The lowest BCUT2D eigenvalue weighted by molar-refractivity contribution is 0.178. The molecule has 1 aromatic heterocycles. The zero-order valence-electron chi connectivity index (χ0n) is 9.87. The number of aryl methyl sites for hydroxylation is 1. The van der Waals surface area contributed by atoms with Gasteiger partial charge >= 0.3 is 0 Å². The smallest absolute Gasteiger partial charge is 0.0832 e. The first-order valence-corrected chi connectivity index (χ1v) is 5.74. The first kappa shape index (κ1) is 11.7. The van der Waals surface area contributed by atoms with Crippen molar-refractivity contribution in [2.75, 3.05) is 5.73 Å². The molecule has 0 radical (unpaired) electrons. The number of hydrogen-bond donors (Lipinski definition) is 2. The van der Waals surface area contributed by atoms with Gasteiger partial charge < -0.3 is 10.8 Å². The number of nitrogens with two attached hydrogens (primary N) is 1. The summed E-state index contributed by atoms with van der Waals surface area (Å²) in [5.74, 6) is 0. The second-order valence-corrected chi connectivity index (χ2v) is 4.09. The Labute approximate surface area is 101 Å². The Morgan fingerprint density at radius 1 is 1.47 bits per heavy atom. The van der Waals surface area contributed by atoms with Gasteiger partial charge in [-0.15, -0.1) is 0 Å². The quantitative estimate of drug-likeness (QED) is 0.788. The van der Waals surface area contributed by atoms with Crippen molar-refractivity contribution in [1.82, 2.24) is 9.78 Å². The third kappa shape index (κ3) is 2.85. The third-order valence-corrected chi connectivity index (χ3v) is 2.74. The fourth-order valence-corrected chi connectivity index (χ4v) is 1.79. The molecule has 0 saturated heterocycles. The zero-order chi connectivity index (χ0) is 12.3. The molecule has 0 saturated carbocycles. The molecule has 2 rings (SSSR count). The number of aromatic nitrogens is 2. The summed E-state index contributed by atoms with van der Waals surface area (Å²) < 4.78 is 1.85. The maximum Gasteiger partial charge on any atom is 0.0832 e. The molecule has 0 amide bonds. The molecule has 17 heavy (non-hydrogen) atoms. The third-order valence-electron chi connectivity index (χ3n) is 2.74. The topological polar surface area (TPSA) is 64.1 Å². The number of aliphatic hydroxyl groups excluding tert-OH is 1. The van der Waals surface area contributed by atoms with Gasteiger partial charge in [0, 0.05) is 24.8 Å². The Balaban J connectivity index is 2.08. The molecule has 3 N–H and O–H groups in total. The van der Waals surface area contributed by atoms with E-state index in [9.17, 15) is 5.11 Å². The molecule has 2 aromatic rings. The molecule has 1 unspecified atom stereocenters. The Morgan fingerprint density at radius 2 is 2.29 bits per heavy atom. The minimum atomic E-state index is -0.534. The lowest BCUT2D eigenvalue weighted by Crippen LogP contribution is -2.02. The fraction of sp³-hybridized carbons (Fsp3) is 0.308. The molecule has 0 aliphatic rings. The average Bonchev–Trinajstić information content (AvgIpc) is 2.77. The molecule has 1 heterocycles. The maximum absolute atomic E-state index is 10.1. The summed E-state index contributed by atoms with van der Waals surface area (Å²) in [7, 11) is 0. The normalized spacial score (nSPS) is 12.6. The van der Waals surface area contributed by atoms with Gasteiger partial charge in [0.05, 0.1) is 12.3 Å². The Hall–Kier alpha value is -1.81. The second-order valence-electron chi connectivity index (χ2n) is 4.09. The van der Waals surface area contributed by atoms with Gasteiger partial charge in [0.15, 0.2) is 0 Å². The minimum Gasteiger partial charge on any atom is -0.399 e. The van der Waals surface area contributed by atoms with E-state index < -0.39 is 6.10 Å². The highest BCUT2D eigenvalue weighted by Gasteiger charge is 2.10. The SMILES string of the molecule is CCn1cc(CC(O)c2cccc(N)c2)cn1. The molecular formula is C13H17N3O. The molecule has 90 valence electrons. The number of nitrogen functional groups attached to an aromatic ring is 1. The molecule has 1 atom stereocenters. The Kier molecular flexibility index (Phi) is 3.44. The van der Waals surface area contributed by atoms with Crippen molar-refractivity contribution in [2.24, 2.45) is 0 Å². The van der Waals surface area contributed by atoms with Crippen LogP contribution in [-0.2, 0) is 13.0 Å². The van der Waals surface area contributed by atoms with Crippen molar-refractivity contribution in [3.63, 3.8) is 0 Å². The molecule has 0 aliphatic heterocycles. The van der Waals surface area contributed by atoms with E-state index in [0.717, 1.165) is 17.7 Å². The van der Waals surface area contributed by atoms with E-state index in [1.165, 1.54) is 0 Å².